The maximum atomic E-state index is 11.1. The summed E-state index contributed by atoms with van der Waals surface area (Å²) >= 11 is 3.18. The summed E-state index contributed by atoms with van der Waals surface area (Å²) in [5.41, 5.74) is 5.13. The first-order valence-corrected chi connectivity index (χ1v) is 5.74. The Balaban J connectivity index is 3.12. The van der Waals surface area contributed by atoms with Gasteiger partial charge in [-0.25, -0.2) is 4.79 Å². The molecule has 0 aliphatic carbocycles. The van der Waals surface area contributed by atoms with Crippen LogP contribution >= 0.6 is 15.9 Å². The topological polar surface area (TPSA) is 89.6 Å². The number of nitrogens with two attached hydrogens (primary N) is 1. The fourth-order valence-electron chi connectivity index (χ4n) is 1.28. The molecule has 1 amide bonds. The van der Waals surface area contributed by atoms with Gasteiger partial charge in [-0.3, -0.25) is 4.79 Å². The Bertz CT molecular complexity index is 447. The van der Waals surface area contributed by atoms with Crippen LogP contribution < -0.4 is 10.5 Å². The van der Waals surface area contributed by atoms with Gasteiger partial charge in [0.25, 0.3) is 5.91 Å². The number of benzene rings is 1. The molecule has 0 aliphatic heterocycles. The molecule has 0 saturated heterocycles. The second-order valence-electron chi connectivity index (χ2n) is 3.34. The van der Waals surface area contributed by atoms with E-state index >= 15 is 0 Å². The fourth-order valence-corrected chi connectivity index (χ4v) is 1.74. The standard InChI is InChI=1S/C11H12BrNO4/c1-2-8(10(13)14)17-9-6(11(15)16)4-3-5-7(9)12/h3-5,8H,2H2,1H3,(H2,13,14)(H,15,16). The third kappa shape index (κ3) is 3.20. The highest BCUT2D eigenvalue weighted by atomic mass is 79.9. The summed E-state index contributed by atoms with van der Waals surface area (Å²) in [6.45, 7) is 1.73. The molecule has 0 aliphatic rings. The highest BCUT2D eigenvalue weighted by molar-refractivity contribution is 9.10. The third-order valence-corrected chi connectivity index (χ3v) is 2.77. The highest BCUT2D eigenvalue weighted by Gasteiger charge is 2.21. The van der Waals surface area contributed by atoms with E-state index in [2.05, 4.69) is 15.9 Å². The number of halogens is 1. The Morgan fingerprint density at radius 2 is 2.18 bits per heavy atom. The van der Waals surface area contributed by atoms with Crippen molar-refractivity contribution in [1.29, 1.82) is 0 Å². The molecule has 1 atom stereocenters. The van der Waals surface area contributed by atoms with Crippen molar-refractivity contribution in [3.63, 3.8) is 0 Å². The first kappa shape index (κ1) is 13.5. The van der Waals surface area contributed by atoms with Crippen molar-refractivity contribution < 1.29 is 19.4 Å². The average molecular weight is 302 g/mol. The van der Waals surface area contributed by atoms with Gasteiger partial charge in [-0.2, -0.15) is 0 Å². The zero-order valence-electron chi connectivity index (χ0n) is 9.14. The number of ether oxygens (including phenoxy) is 1. The maximum Gasteiger partial charge on any atom is 0.339 e. The quantitative estimate of drug-likeness (QED) is 0.867. The Morgan fingerprint density at radius 3 is 2.65 bits per heavy atom. The molecule has 0 radical (unpaired) electrons. The summed E-state index contributed by atoms with van der Waals surface area (Å²) < 4.78 is 5.82. The molecule has 5 nitrogen and oxygen atoms in total. The van der Waals surface area contributed by atoms with Crippen molar-refractivity contribution in [1.82, 2.24) is 0 Å². The minimum atomic E-state index is -1.12. The van der Waals surface area contributed by atoms with Gasteiger partial charge in [-0.15, -0.1) is 0 Å². The molecule has 0 fully saturated rings. The van der Waals surface area contributed by atoms with Crippen molar-refractivity contribution in [3.8, 4) is 5.75 Å². The van der Waals surface area contributed by atoms with E-state index in [0.717, 1.165) is 0 Å². The highest BCUT2D eigenvalue weighted by Crippen LogP contribution is 2.30. The summed E-state index contributed by atoms with van der Waals surface area (Å²) in [5, 5.41) is 9.00. The van der Waals surface area contributed by atoms with Gasteiger partial charge < -0.3 is 15.6 Å². The van der Waals surface area contributed by atoms with Crippen LogP contribution in [0.4, 0.5) is 0 Å². The van der Waals surface area contributed by atoms with Crippen LogP contribution in [-0.2, 0) is 4.79 Å². The number of para-hydroxylation sites is 1. The van der Waals surface area contributed by atoms with Gasteiger partial charge in [-0.05, 0) is 34.5 Å². The number of carboxylic acid groups (broad SMARTS) is 1. The molecule has 1 rings (SSSR count). The van der Waals surface area contributed by atoms with Gasteiger partial charge in [0, 0.05) is 0 Å². The minimum absolute atomic E-state index is 0.0147. The lowest BCUT2D eigenvalue weighted by Crippen LogP contribution is -2.33. The van der Waals surface area contributed by atoms with Gasteiger partial charge in [-0.1, -0.05) is 13.0 Å². The number of amides is 1. The van der Waals surface area contributed by atoms with E-state index in [4.69, 9.17) is 15.6 Å². The smallest absolute Gasteiger partial charge is 0.339 e. The normalized spacial score (nSPS) is 11.9. The monoisotopic (exact) mass is 301 g/mol. The van der Waals surface area contributed by atoms with Crippen molar-refractivity contribution >= 4 is 27.8 Å². The van der Waals surface area contributed by atoms with Crippen LogP contribution in [0.1, 0.15) is 23.7 Å². The summed E-state index contributed by atoms with van der Waals surface area (Å²) in [6.07, 6.45) is -0.470. The Morgan fingerprint density at radius 1 is 1.53 bits per heavy atom. The van der Waals surface area contributed by atoms with E-state index < -0.39 is 18.0 Å². The number of rotatable bonds is 5. The van der Waals surface area contributed by atoms with Gasteiger partial charge >= 0.3 is 5.97 Å². The molecular formula is C11H12BrNO4. The lowest BCUT2D eigenvalue weighted by atomic mass is 10.2. The van der Waals surface area contributed by atoms with Crippen LogP contribution in [0.3, 0.4) is 0 Å². The second kappa shape index (κ2) is 5.67. The van der Waals surface area contributed by atoms with Gasteiger partial charge in [0.1, 0.15) is 11.3 Å². The molecule has 17 heavy (non-hydrogen) atoms. The van der Waals surface area contributed by atoms with E-state index in [0.29, 0.717) is 10.9 Å². The third-order valence-electron chi connectivity index (χ3n) is 2.15. The Hall–Kier alpha value is -1.56. The van der Waals surface area contributed by atoms with Crippen molar-refractivity contribution in [2.45, 2.75) is 19.4 Å². The minimum Gasteiger partial charge on any atom is -0.479 e. The number of carboxylic acids is 1. The number of hydrogen-bond acceptors (Lipinski definition) is 3. The number of primary amides is 1. The van der Waals surface area contributed by atoms with Gasteiger partial charge in [0.15, 0.2) is 6.10 Å². The molecule has 92 valence electrons. The zero-order valence-corrected chi connectivity index (χ0v) is 10.7. The van der Waals surface area contributed by atoms with E-state index in [1.165, 1.54) is 6.07 Å². The predicted octanol–water partition coefficient (Wildman–Crippen LogP) is 1.79. The van der Waals surface area contributed by atoms with E-state index in [9.17, 15) is 9.59 Å². The number of carbonyl (C=O) groups is 2. The van der Waals surface area contributed by atoms with Crippen molar-refractivity contribution in [2.24, 2.45) is 5.73 Å². The molecule has 0 spiro atoms. The van der Waals surface area contributed by atoms with Crippen LogP contribution in [-0.4, -0.2) is 23.1 Å². The van der Waals surface area contributed by atoms with Crippen LogP contribution in [0.5, 0.6) is 5.75 Å². The summed E-state index contributed by atoms with van der Waals surface area (Å²) in [4.78, 5) is 22.1. The summed E-state index contributed by atoms with van der Waals surface area (Å²) in [6, 6.07) is 4.61. The fraction of sp³-hybridized carbons (Fsp3) is 0.273. The molecule has 6 heteroatoms. The van der Waals surface area contributed by atoms with Crippen LogP contribution in [0, 0.1) is 0 Å². The average Bonchev–Trinajstić information content (AvgIpc) is 2.26. The van der Waals surface area contributed by atoms with Crippen LogP contribution in [0.2, 0.25) is 0 Å². The largest absolute Gasteiger partial charge is 0.479 e. The van der Waals surface area contributed by atoms with Gasteiger partial charge in [0.05, 0.1) is 4.47 Å². The van der Waals surface area contributed by atoms with Gasteiger partial charge in [0.2, 0.25) is 0 Å². The molecule has 1 aromatic carbocycles. The summed E-state index contributed by atoms with van der Waals surface area (Å²) in [5.74, 6) is -1.63. The molecule has 0 heterocycles. The van der Waals surface area contributed by atoms with E-state index in [-0.39, 0.29) is 11.3 Å². The number of aromatic carboxylic acids is 1. The number of hydrogen-bond donors (Lipinski definition) is 2. The van der Waals surface area contributed by atoms with Crippen LogP contribution in [0.25, 0.3) is 0 Å². The van der Waals surface area contributed by atoms with E-state index in [1.54, 1.807) is 19.1 Å². The second-order valence-corrected chi connectivity index (χ2v) is 4.19. The predicted molar refractivity (Wildman–Crippen MR) is 65.0 cm³/mol. The Labute approximate surface area is 107 Å². The molecule has 1 unspecified atom stereocenters. The lowest BCUT2D eigenvalue weighted by molar-refractivity contribution is -0.124. The molecular weight excluding hydrogens is 290 g/mol. The lowest BCUT2D eigenvalue weighted by Gasteiger charge is -2.16. The summed E-state index contributed by atoms with van der Waals surface area (Å²) in [7, 11) is 0. The molecule has 0 bridgehead atoms. The van der Waals surface area contributed by atoms with Crippen LogP contribution in [0.15, 0.2) is 22.7 Å². The van der Waals surface area contributed by atoms with Crippen molar-refractivity contribution in [2.75, 3.05) is 0 Å². The Kier molecular flexibility index (Phi) is 4.51. The molecule has 1 aromatic rings. The zero-order chi connectivity index (χ0) is 13.0. The first-order chi connectivity index (χ1) is 7.97. The molecule has 0 saturated carbocycles. The van der Waals surface area contributed by atoms with E-state index in [1.807, 2.05) is 0 Å². The number of carbonyl (C=O) groups excluding carboxylic acids is 1. The molecule has 3 N–H and O–H groups in total. The SMILES string of the molecule is CCC(Oc1c(Br)cccc1C(=O)O)C(N)=O. The maximum absolute atomic E-state index is 11.1. The molecule has 0 aromatic heterocycles. The first-order valence-electron chi connectivity index (χ1n) is 4.95. The van der Waals surface area contributed by atoms with Crippen molar-refractivity contribution in [3.05, 3.63) is 28.2 Å².